The molecule has 2 heterocycles. The molecule has 0 radical (unpaired) electrons. The van der Waals surface area contributed by atoms with Crippen LogP contribution < -0.4 is 10.7 Å². The molecule has 0 spiro atoms. The van der Waals surface area contributed by atoms with Crippen LogP contribution in [0.4, 0.5) is 5.13 Å². The summed E-state index contributed by atoms with van der Waals surface area (Å²) in [6.07, 6.45) is 5.39. The van der Waals surface area contributed by atoms with Crippen LogP contribution in [-0.4, -0.2) is 21.1 Å². The van der Waals surface area contributed by atoms with Crippen molar-refractivity contribution in [2.24, 2.45) is 5.92 Å². The number of thioether (sulfide) groups is 1. The van der Waals surface area contributed by atoms with Crippen LogP contribution in [0.2, 0.25) is 0 Å². The second-order valence-electron chi connectivity index (χ2n) is 7.65. The molecule has 6 nitrogen and oxygen atoms in total. The fourth-order valence-corrected chi connectivity index (χ4v) is 5.53. The third-order valence-corrected chi connectivity index (χ3v) is 7.32. The zero-order valence-corrected chi connectivity index (χ0v) is 18.2. The van der Waals surface area contributed by atoms with E-state index in [4.69, 9.17) is 0 Å². The average molecular weight is 429 g/mol. The molecule has 3 aromatic rings. The summed E-state index contributed by atoms with van der Waals surface area (Å²) in [4.78, 5) is 28.2. The van der Waals surface area contributed by atoms with Crippen LogP contribution in [-0.2, 0) is 10.5 Å². The second-order valence-corrected chi connectivity index (χ2v) is 9.85. The molecular formula is C21H24N4O2S2. The maximum absolute atomic E-state index is 12.5. The summed E-state index contributed by atoms with van der Waals surface area (Å²) >= 11 is 2.88. The number of benzene rings is 1. The molecule has 2 N–H and O–H groups in total. The minimum absolute atomic E-state index is 0.0267. The Morgan fingerprint density at radius 3 is 2.79 bits per heavy atom. The van der Waals surface area contributed by atoms with Crippen molar-refractivity contribution in [1.82, 2.24) is 15.2 Å². The number of aromatic amines is 1. The molecule has 1 aliphatic carbocycles. The topological polar surface area (TPSA) is 87.7 Å². The maximum Gasteiger partial charge on any atom is 0.229 e. The van der Waals surface area contributed by atoms with Gasteiger partial charge in [0.1, 0.15) is 0 Å². The van der Waals surface area contributed by atoms with Crippen molar-refractivity contribution < 1.29 is 4.79 Å². The van der Waals surface area contributed by atoms with Crippen molar-refractivity contribution >= 4 is 45.0 Å². The van der Waals surface area contributed by atoms with Gasteiger partial charge in [0.15, 0.2) is 9.77 Å². The van der Waals surface area contributed by atoms with Crippen LogP contribution >= 0.6 is 23.1 Å². The van der Waals surface area contributed by atoms with Crippen LogP contribution in [0.1, 0.15) is 48.9 Å². The number of carbonyl (C=O) groups is 1. The first kappa shape index (κ1) is 20.1. The molecule has 0 saturated heterocycles. The Labute approximate surface area is 177 Å². The fraction of sp³-hybridized carbons (Fsp3) is 0.429. The molecule has 29 heavy (non-hydrogen) atoms. The number of anilines is 1. The summed E-state index contributed by atoms with van der Waals surface area (Å²) in [7, 11) is 0. The van der Waals surface area contributed by atoms with Crippen LogP contribution in [0.15, 0.2) is 27.3 Å². The van der Waals surface area contributed by atoms with E-state index in [2.05, 4.69) is 26.6 Å². The average Bonchev–Trinajstić information content (AvgIpc) is 3.15. The number of aromatic nitrogens is 3. The van der Waals surface area contributed by atoms with Crippen LogP contribution in [0.3, 0.4) is 0 Å². The van der Waals surface area contributed by atoms with E-state index < -0.39 is 0 Å². The number of aryl methyl sites for hydroxylation is 2. The van der Waals surface area contributed by atoms with Gasteiger partial charge >= 0.3 is 0 Å². The highest BCUT2D eigenvalue weighted by molar-refractivity contribution is 8.00. The number of carbonyl (C=O) groups excluding carboxylic acids is 1. The summed E-state index contributed by atoms with van der Waals surface area (Å²) in [5.74, 6) is 0.740. The smallest absolute Gasteiger partial charge is 0.229 e. The molecule has 4 rings (SSSR count). The van der Waals surface area contributed by atoms with Gasteiger partial charge in [0.25, 0.3) is 0 Å². The number of fused-ring (bicyclic) bond motifs is 1. The molecule has 0 aliphatic heterocycles. The van der Waals surface area contributed by atoms with Crippen LogP contribution in [0, 0.1) is 19.8 Å². The molecule has 2 aromatic heterocycles. The Morgan fingerprint density at radius 1 is 1.21 bits per heavy atom. The third-order valence-electron chi connectivity index (χ3n) is 5.30. The number of hydrogen-bond donors (Lipinski definition) is 2. The van der Waals surface area contributed by atoms with Crippen molar-refractivity contribution in [3.8, 4) is 0 Å². The SMILES string of the molecule is Cc1cc(C)c2[nH]c(CSc3nnc(NC(=O)C4CCCCC4)s3)cc(=O)c2c1. The fourth-order valence-electron chi connectivity index (χ4n) is 3.87. The predicted octanol–water partition coefficient (Wildman–Crippen LogP) is 4.81. The summed E-state index contributed by atoms with van der Waals surface area (Å²) in [5, 5.41) is 12.4. The Hall–Kier alpha value is -2.19. The van der Waals surface area contributed by atoms with Gasteiger partial charge in [-0.3, -0.25) is 9.59 Å². The van der Waals surface area contributed by atoms with Crippen LogP contribution in [0.25, 0.3) is 10.9 Å². The Bertz CT molecular complexity index is 1100. The quantitative estimate of drug-likeness (QED) is 0.450. The van der Waals surface area contributed by atoms with Crippen molar-refractivity contribution in [3.05, 3.63) is 45.2 Å². The number of pyridine rings is 1. The molecule has 1 aliphatic rings. The highest BCUT2D eigenvalue weighted by Gasteiger charge is 2.22. The van der Waals surface area contributed by atoms with E-state index in [1.54, 1.807) is 6.07 Å². The molecule has 0 bridgehead atoms. The van der Waals surface area contributed by atoms with Gasteiger partial charge in [0.2, 0.25) is 11.0 Å². The summed E-state index contributed by atoms with van der Waals surface area (Å²) < 4.78 is 0.769. The largest absolute Gasteiger partial charge is 0.357 e. The van der Waals surface area contributed by atoms with Crippen molar-refractivity contribution in [2.45, 2.75) is 56.0 Å². The molecule has 0 atom stereocenters. The first-order chi connectivity index (χ1) is 14.0. The van der Waals surface area contributed by atoms with Gasteiger partial charge in [0, 0.05) is 28.8 Å². The number of H-pyrrole nitrogens is 1. The summed E-state index contributed by atoms with van der Waals surface area (Å²) in [6.45, 7) is 4.00. The van der Waals surface area contributed by atoms with E-state index in [0.717, 1.165) is 57.7 Å². The molecule has 152 valence electrons. The van der Waals surface area contributed by atoms with E-state index in [9.17, 15) is 9.59 Å². The Morgan fingerprint density at radius 2 is 2.00 bits per heavy atom. The lowest BCUT2D eigenvalue weighted by Gasteiger charge is -2.19. The van der Waals surface area contributed by atoms with Crippen LogP contribution in [0.5, 0.6) is 0 Å². The highest BCUT2D eigenvalue weighted by Crippen LogP contribution is 2.30. The van der Waals surface area contributed by atoms with Crippen molar-refractivity contribution in [2.75, 3.05) is 5.32 Å². The molecule has 1 saturated carbocycles. The predicted molar refractivity (Wildman–Crippen MR) is 119 cm³/mol. The van der Waals surface area contributed by atoms with Gasteiger partial charge in [0.05, 0.1) is 5.52 Å². The van der Waals surface area contributed by atoms with Gasteiger partial charge < -0.3 is 10.3 Å². The number of nitrogens with zero attached hydrogens (tertiary/aromatic N) is 2. The standard InChI is InChI=1S/C21H24N4O2S2/c1-12-8-13(2)18-16(9-12)17(26)10-15(22-18)11-28-21-25-24-20(29-21)23-19(27)14-6-4-3-5-7-14/h8-10,14H,3-7,11H2,1-2H3,(H,22,26)(H,23,24,27). The molecule has 1 fully saturated rings. The Balaban J connectivity index is 1.42. The summed E-state index contributed by atoms with van der Waals surface area (Å²) in [6, 6.07) is 5.65. The van der Waals surface area contributed by atoms with E-state index in [0.29, 0.717) is 10.9 Å². The minimum Gasteiger partial charge on any atom is -0.357 e. The van der Waals surface area contributed by atoms with Gasteiger partial charge in [-0.05, 0) is 43.9 Å². The normalized spacial score (nSPS) is 15.0. The number of nitrogens with one attached hydrogen (secondary N) is 2. The number of hydrogen-bond acceptors (Lipinski definition) is 6. The lowest BCUT2D eigenvalue weighted by molar-refractivity contribution is -0.120. The van der Waals surface area contributed by atoms with E-state index in [1.165, 1.54) is 29.5 Å². The Kier molecular flexibility index (Phi) is 6.01. The maximum atomic E-state index is 12.5. The number of amides is 1. The van der Waals surface area contributed by atoms with Gasteiger partial charge in [-0.25, -0.2) is 0 Å². The highest BCUT2D eigenvalue weighted by atomic mass is 32.2. The minimum atomic E-state index is 0.0267. The molecule has 8 heteroatoms. The molecule has 1 amide bonds. The van der Waals surface area contributed by atoms with Gasteiger partial charge in [-0.15, -0.1) is 10.2 Å². The first-order valence-electron chi connectivity index (χ1n) is 9.90. The van der Waals surface area contributed by atoms with E-state index in [-0.39, 0.29) is 17.3 Å². The zero-order valence-electron chi connectivity index (χ0n) is 16.6. The number of rotatable bonds is 5. The lowest BCUT2D eigenvalue weighted by Crippen LogP contribution is -2.24. The molecule has 1 aromatic carbocycles. The zero-order chi connectivity index (χ0) is 20.4. The van der Waals surface area contributed by atoms with Crippen molar-refractivity contribution in [1.29, 1.82) is 0 Å². The van der Waals surface area contributed by atoms with E-state index in [1.807, 2.05) is 19.9 Å². The van der Waals surface area contributed by atoms with Gasteiger partial charge in [-0.1, -0.05) is 48.4 Å². The molecular weight excluding hydrogens is 404 g/mol. The monoisotopic (exact) mass is 428 g/mol. The lowest BCUT2D eigenvalue weighted by atomic mass is 9.89. The molecule has 0 unspecified atom stereocenters. The van der Waals surface area contributed by atoms with Crippen molar-refractivity contribution in [3.63, 3.8) is 0 Å². The van der Waals surface area contributed by atoms with E-state index >= 15 is 0 Å². The summed E-state index contributed by atoms with van der Waals surface area (Å²) in [5.41, 5.74) is 3.91. The first-order valence-corrected chi connectivity index (χ1v) is 11.7. The third kappa shape index (κ3) is 4.70. The van der Waals surface area contributed by atoms with Gasteiger partial charge in [-0.2, -0.15) is 0 Å². The second kappa shape index (κ2) is 8.67.